The van der Waals surface area contributed by atoms with Crippen molar-refractivity contribution < 1.29 is 9.53 Å². The number of aryl methyl sites for hydroxylation is 1. The minimum atomic E-state index is -0.103. The van der Waals surface area contributed by atoms with Gasteiger partial charge in [0.2, 0.25) is 0 Å². The van der Waals surface area contributed by atoms with Gasteiger partial charge in [-0.25, -0.2) is 0 Å². The molecule has 0 saturated carbocycles. The number of rotatable bonds is 3. The zero-order chi connectivity index (χ0) is 13.0. The molecule has 1 unspecified atom stereocenters. The summed E-state index contributed by atoms with van der Waals surface area (Å²) in [7, 11) is 1.55. The Morgan fingerprint density at radius 2 is 2.39 bits per heavy atom. The van der Waals surface area contributed by atoms with Gasteiger partial charge in [-0.2, -0.15) is 0 Å². The van der Waals surface area contributed by atoms with Gasteiger partial charge >= 0.3 is 0 Å². The summed E-state index contributed by atoms with van der Waals surface area (Å²) in [5.41, 5.74) is 1.35. The Morgan fingerprint density at radius 1 is 1.56 bits per heavy atom. The molecule has 0 aromatic carbocycles. The molecule has 0 spiro atoms. The van der Waals surface area contributed by atoms with Crippen LogP contribution >= 0.6 is 0 Å². The van der Waals surface area contributed by atoms with Crippen molar-refractivity contribution in [1.29, 1.82) is 0 Å². The number of nitrogens with zero attached hydrogens (tertiary/aromatic N) is 1. The van der Waals surface area contributed by atoms with Crippen molar-refractivity contribution >= 4 is 5.91 Å². The third-order valence-corrected chi connectivity index (χ3v) is 3.04. The monoisotopic (exact) mass is 246 g/mol. The van der Waals surface area contributed by atoms with Crippen LogP contribution in [0.15, 0.2) is 24.4 Å². The molecule has 2 rings (SSSR count). The second-order valence-electron chi connectivity index (χ2n) is 4.46. The molecule has 1 heterocycles. The van der Waals surface area contributed by atoms with Crippen LogP contribution in [0.25, 0.3) is 0 Å². The van der Waals surface area contributed by atoms with Gasteiger partial charge in [-0.05, 0) is 32.3 Å². The Morgan fingerprint density at radius 3 is 3.06 bits per heavy atom. The highest BCUT2D eigenvalue weighted by Crippen LogP contribution is 2.18. The predicted octanol–water partition coefficient (Wildman–Crippen LogP) is 2.24. The number of pyridine rings is 1. The zero-order valence-corrected chi connectivity index (χ0v) is 10.8. The Labute approximate surface area is 107 Å². The number of hydrogen-bond acceptors (Lipinski definition) is 3. The summed E-state index contributed by atoms with van der Waals surface area (Å²) in [6.07, 6.45) is 8.97. The molecule has 4 nitrogen and oxygen atoms in total. The summed E-state index contributed by atoms with van der Waals surface area (Å²) in [4.78, 5) is 16.3. The van der Waals surface area contributed by atoms with Crippen LogP contribution in [0.4, 0.5) is 0 Å². The molecule has 18 heavy (non-hydrogen) atoms. The molecule has 0 radical (unpaired) electrons. The van der Waals surface area contributed by atoms with Crippen LogP contribution in [-0.4, -0.2) is 24.0 Å². The van der Waals surface area contributed by atoms with E-state index in [9.17, 15) is 4.79 Å². The van der Waals surface area contributed by atoms with E-state index in [4.69, 9.17) is 4.74 Å². The summed E-state index contributed by atoms with van der Waals surface area (Å²) < 4.78 is 5.17. The average molecular weight is 246 g/mol. The van der Waals surface area contributed by atoms with Gasteiger partial charge in [0.1, 0.15) is 5.75 Å². The number of hydrogen-bond donors (Lipinski definition) is 1. The van der Waals surface area contributed by atoms with Gasteiger partial charge in [-0.1, -0.05) is 12.2 Å². The normalized spacial score (nSPS) is 18.4. The van der Waals surface area contributed by atoms with Gasteiger partial charge in [0.25, 0.3) is 5.91 Å². The predicted molar refractivity (Wildman–Crippen MR) is 69.8 cm³/mol. The minimum Gasteiger partial charge on any atom is -0.494 e. The number of methoxy groups -OCH3 is 1. The largest absolute Gasteiger partial charge is 0.494 e. The maximum Gasteiger partial charge on any atom is 0.255 e. The van der Waals surface area contributed by atoms with Crippen LogP contribution < -0.4 is 10.1 Å². The second-order valence-corrected chi connectivity index (χ2v) is 4.46. The molecule has 1 N–H and O–H groups in total. The van der Waals surface area contributed by atoms with E-state index in [1.165, 1.54) is 0 Å². The van der Waals surface area contributed by atoms with E-state index in [1.807, 2.05) is 6.92 Å². The van der Waals surface area contributed by atoms with E-state index in [-0.39, 0.29) is 11.9 Å². The van der Waals surface area contributed by atoms with Crippen molar-refractivity contribution in [2.45, 2.75) is 32.2 Å². The van der Waals surface area contributed by atoms with Crippen LogP contribution in [0.1, 0.15) is 35.3 Å². The molecule has 1 atom stereocenters. The van der Waals surface area contributed by atoms with Crippen LogP contribution in [0.3, 0.4) is 0 Å². The smallest absolute Gasteiger partial charge is 0.255 e. The summed E-state index contributed by atoms with van der Waals surface area (Å²) in [6, 6.07) is 1.88. The first-order valence-corrected chi connectivity index (χ1v) is 6.19. The number of aromatic nitrogens is 1. The number of carbonyl (C=O) groups excluding carboxylic acids is 1. The first kappa shape index (κ1) is 12.6. The van der Waals surface area contributed by atoms with Crippen molar-refractivity contribution in [3.63, 3.8) is 0 Å². The van der Waals surface area contributed by atoms with Crippen LogP contribution in [0.2, 0.25) is 0 Å². The highest BCUT2D eigenvalue weighted by Gasteiger charge is 2.17. The number of amides is 1. The first-order chi connectivity index (χ1) is 8.70. The van der Waals surface area contributed by atoms with E-state index in [0.29, 0.717) is 11.3 Å². The van der Waals surface area contributed by atoms with Crippen molar-refractivity contribution in [2.75, 3.05) is 7.11 Å². The first-order valence-electron chi connectivity index (χ1n) is 6.19. The lowest BCUT2D eigenvalue weighted by Crippen LogP contribution is -2.34. The quantitative estimate of drug-likeness (QED) is 0.832. The summed E-state index contributed by atoms with van der Waals surface area (Å²) in [5, 5.41) is 3.00. The van der Waals surface area contributed by atoms with Crippen molar-refractivity contribution in [3.05, 3.63) is 35.7 Å². The van der Waals surface area contributed by atoms with Gasteiger partial charge in [-0.15, -0.1) is 0 Å². The number of allylic oxidation sites excluding steroid dienone is 1. The Balaban J connectivity index is 2.14. The van der Waals surface area contributed by atoms with Crippen molar-refractivity contribution in [2.24, 2.45) is 0 Å². The summed E-state index contributed by atoms with van der Waals surface area (Å²) in [5.74, 6) is 0.409. The van der Waals surface area contributed by atoms with Gasteiger partial charge < -0.3 is 10.1 Å². The number of carbonyl (C=O) groups is 1. The summed E-state index contributed by atoms with van der Waals surface area (Å²) in [6.45, 7) is 1.86. The lowest BCUT2D eigenvalue weighted by molar-refractivity contribution is 0.0938. The Kier molecular flexibility index (Phi) is 3.97. The summed E-state index contributed by atoms with van der Waals surface area (Å²) >= 11 is 0. The van der Waals surface area contributed by atoms with Gasteiger partial charge in [0, 0.05) is 11.7 Å². The molecule has 0 bridgehead atoms. The van der Waals surface area contributed by atoms with Gasteiger partial charge in [0.05, 0.1) is 18.9 Å². The second kappa shape index (κ2) is 5.67. The molecule has 1 amide bonds. The fraction of sp³-hybridized carbons (Fsp3) is 0.429. The van der Waals surface area contributed by atoms with E-state index in [2.05, 4.69) is 22.5 Å². The number of ether oxygens (including phenoxy) is 1. The van der Waals surface area contributed by atoms with E-state index < -0.39 is 0 Å². The van der Waals surface area contributed by atoms with Crippen molar-refractivity contribution in [1.82, 2.24) is 10.3 Å². The van der Waals surface area contributed by atoms with Gasteiger partial charge in [0.15, 0.2) is 0 Å². The van der Waals surface area contributed by atoms with Crippen LogP contribution in [-0.2, 0) is 0 Å². The molecule has 4 heteroatoms. The molecule has 96 valence electrons. The fourth-order valence-corrected chi connectivity index (χ4v) is 2.07. The van der Waals surface area contributed by atoms with E-state index >= 15 is 0 Å². The van der Waals surface area contributed by atoms with E-state index in [0.717, 1.165) is 25.0 Å². The third-order valence-electron chi connectivity index (χ3n) is 3.04. The van der Waals surface area contributed by atoms with Crippen LogP contribution in [0, 0.1) is 6.92 Å². The average Bonchev–Trinajstić information content (AvgIpc) is 2.40. The standard InChI is InChI=1S/C14H18N2O2/c1-10-8-12(13(18-2)9-15-10)14(17)16-11-6-4-3-5-7-11/h4,6,8-9,11H,3,5,7H2,1-2H3,(H,16,17). The molecule has 0 saturated heterocycles. The molecule has 1 aromatic heterocycles. The SMILES string of the molecule is COc1cnc(C)cc1C(=O)NC1C=CCCC1. The maximum atomic E-state index is 12.2. The molecule has 1 aliphatic rings. The molecule has 1 aliphatic carbocycles. The molecule has 0 fully saturated rings. The molecular weight excluding hydrogens is 228 g/mol. The Bertz CT molecular complexity index is 469. The minimum absolute atomic E-state index is 0.103. The molecular formula is C14H18N2O2. The van der Waals surface area contributed by atoms with Gasteiger partial charge in [-0.3, -0.25) is 9.78 Å². The third kappa shape index (κ3) is 2.88. The number of nitrogens with one attached hydrogen (secondary N) is 1. The van der Waals surface area contributed by atoms with E-state index in [1.54, 1.807) is 19.4 Å². The lowest BCUT2D eigenvalue weighted by atomic mass is 10.0. The topological polar surface area (TPSA) is 51.2 Å². The highest BCUT2D eigenvalue weighted by molar-refractivity contribution is 5.97. The lowest BCUT2D eigenvalue weighted by Gasteiger charge is -2.18. The molecule has 1 aromatic rings. The highest BCUT2D eigenvalue weighted by atomic mass is 16.5. The van der Waals surface area contributed by atoms with Crippen molar-refractivity contribution in [3.8, 4) is 5.75 Å². The van der Waals surface area contributed by atoms with Crippen LogP contribution in [0.5, 0.6) is 5.75 Å². The zero-order valence-electron chi connectivity index (χ0n) is 10.8. The molecule has 0 aliphatic heterocycles. The fourth-order valence-electron chi connectivity index (χ4n) is 2.07. The maximum absolute atomic E-state index is 12.2. The Hall–Kier alpha value is -1.84.